The zero-order chi connectivity index (χ0) is 31.6. The quantitative estimate of drug-likeness (QED) is 0.152. The van der Waals surface area contributed by atoms with Gasteiger partial charge in [-0.05, 0) is 6.07 Å². The number of halogens is 2. The summed E-state index contributed by atoms with van der Waals surface area (Å²) in [4.78, 5) is 40.4. The van der Waals surface area contributed by atoms with Crippen molar-refractivity contribution in [2.24, 2.45) is 0 Å². The van der Waals surface area contributed by atoms with Gasteiger partial charge in [-0.1, -0.05) is 53.5 Å². The van der Waals surface area contributed by atoms with Crippen molar-refractivity contribution in [3.63, 3.8) is 0 Å². The molecule has 2 amide bonds. The molecule has 0 aliphatic carbocycles. The number of nitrogens with zero attached hydrogens (tertiary/aromatic N) is 4. The first kappa shape index (κ1) is 32.2. The van der Waals surface area contributed by atoms with E-state index in [1.807, 2.05) is 36.4 Å². The van der Waals surface area contributed by atoms with Crippen LogP contribution in [0.4, 0.5) is 11.5 Å². The average molecular weight is 640 g/mol. The van der Waals surface area contributed by atoms with Crippen LogP contribution in [0.2, 0.25) is 10.0 Å². The van der Waals surface area contributed by atoms with E-state index in [4.69, 9.17) is 32.7 Å². The first-order valence-electron chi connectivity index (χ1n) is 13.6. The first-order chi connectivity index (χ1) is 21.2. The standard InChI is InChI=1S/C30H32Cl2N8O4/c1-17(41)33-11-13-35-24-16-37-27(40-29(24)43-3)22-10-6-8-20(26(22)32)19-7-5-9-21(25(19)31)23-15-38-28(30(39-23)44-4)36-14-12-34-18(2)42/h5-10,15-16,35H,11-14H2,1-4H3,(H,33,41)(H,34,42)(H,36,38). The topological polar surface area (TPSA) is 152 Å². The van der Waals surface area contributed by atoms with Gasteiger partial charge in [0.1, 0.15) is 5.69 Å². The molecule has 12 nitrogen and oxygen atoms in total. The number of methoxy groups -OCH3 is 2. The molecule has 2 aromatic carbocycles. The summed E-state index contributed by atoms with van der Waals surface area (Å²) in [7, 11) is 3.02. The highest BCUT2D eigenvalue weighted by molar-refractivity contribution is 6.39. The molecule has 0 spiro atoms. The van der Waals surface area contributed by atoms with Gasteiger partial charge in [-0.3, -0.25) is 9.59 Å². The van der Waals surface area contributed by atoms with Gasteiger partial charge in [-0.25, -0.2) is 15.0 Å². The van der Waals surface area contributed by atoms with Crippen molar-refractivity contribution in [3.05, 3.63) is 58.8 Å². The fourth-order valence-corrected chi connectivity index (χ4v) is 4.88. The maximum atomic E-state index is 11.1. The lowest BCUT2D eigenvalue weighted by Crippen LogP contribution is -2.26. The summed E-state index contributed by atoms with van der Waals surface area (Å²) in [6.45, 7) is 4.69. The Kier molecular flexibility index (Phi) is 11.1. The molecule has 0 atom stereocenters. The number of anilines is 2. The Morgan fingerprint density at radius 2 is 1.27 bits per heavy atom. The Morgan fingerprint density at radius 1 is 0.705 bits per heavy atom. The summed E-state index contributed by atoms with van der Waals surface area (Å²) < 4.78 is 10.9. The summed E-state index contributed by atoms with van der Waals surface area (Å²) in [5.41, 5.74) is 3.65. The highest BCUT2D eigenvalue weighted by Gasteiger charge is 2.19. The van der Waals surface area contributed by atoms with E-state index in [1.165, 1.54) is 28.1 Å². The Labute approximate surface area is 264 Å². The third kappa shape index (κ3) is 7.82. The van der Waals surface area contributed by atoms with Crippen LogP contribution in [0.25, 0.3) is 33.8 Å². The fourth-order valence-electron chi connectivity index (χ4n) is 4.24. The summed E-state index contributed by atoms with van der Waals surface area (Å²) >= 11 is 13.9. The van der Waals surface area contributed by atoms with E-state index in [1.54, 1.807) is 12.4 Å². The van der Waals surface area contributed by atoms with Gasteiger partial charge in [0.05, 0.1) is 42.4 Å². The molecule has 4 N–H and O–H groups in total. The maximum absolute atomic E-state index is 11.1. The SMILES string of the molecule is COc1nc(-c2cccc(-c3cccc(-c4cnc(NCCNC(C)=O)c(OC)n4)c3Cl)c2Cl)ncc1NCCNC(C)=O. The number of amides is 2. The predicted octanol–water partition coefficient (Wildman–Crippen LogP) is 4.69. The number of nitrogens with one attached hydrogen (secondary N) is 4. The molecule has 0 saturated carbocycles. The smallest absolute Gasteiger partial charge is 0.257 e. The maximum Gasteiger partial charge on any atom is 0.257 e. The Bertz CT molecular complexity index is 1530. The largest absolute Gasteiger partial charge is 0.479 e. The van der Waals surface area contributed by atoms with E-state index >= 15 is 0 Å². The minimum Gasteiger partial charge on any atom is -0.479 e. The van der Waals surface area contributed by atoms with Gasteiger partial charge >= 0.3 is 0 Å². The van der Waals surface area contributed by atoms with E-state index in [2.05, 4.69) is 41.2 Å². The van der Waals surface area contributed by atoms with E-state index in [9.17, 15) is 9.59 Å². The molecule has 2 aromatic heterocycles. The van der Waals surface area contributed by atoms with Crippen LogP contribution < -0.4 is 30.7 Å². The Hall–Kier alpha value is -4.68. The number of carbonyl (C=O) groups is 2. The highest BCUT2D eigenvalue weighted by Crippen LogP contribution is 2.42. The van der Waals surface area contributed by atoms with Crippen LogP contribution in [0, 0.1) is 0 Å². The first-order valence-corrected chi connectivity index (χ1v) is 14.4. The fraction of sp³-hybridized carbons (Fsp3) is 0.267. The van der Waals surface area contributed by atoms with Crippen molar-refractivity contribution < 1.29 is 19.1 Å². The molecule has 4 rings (SSSR count). The van der Waals surface area contributed by atoms with Crippen molar-refractivity contribution in [2.45, 2.75) is 13.8 Å². The van der Waals surface area contributed by atoms with Crippen LogP contribution in [-0.4, -0.2) is 72.1 Å². The van der Waals surface area contributed by atoms with Gasteiger partial charge in [0, 0.05) is 62.3 Å². The Morgan fingerprint density at radius 3 is 1.89 bits per heavy atom. The number of hydrogen-bond acceptors (Lipinski definition) is 10. The number of hydrogen-bond donors (Lipinski definition) is 4. The van der Waals surface area contributed by atoms with E-state index in [0.29, 0.717) is 87.4 Å². The van der Waals surface area contributed by atoms with Crippen LogP contribution in [0.15, 0.2) is 48.8 Å². The number of benzene rings is 2. The molecule has 4 aromatic rings. The summed E-state index contributed by atoms with van der Waals surface area (Å²) in [6, 6.07) is 11.1. The van der Waals surface area contributed by atoms with E-state index in [-0.39, 0.29) is 17.7 Å². The van der Waals surface area contributed by atoms with Gasteiger partial charge in [0.15, 0.2) is 11.6 Å². The van der Waals surface area contributed by atoms with Gasteiger partial charge in [-0.2, -0.15) is 4.98 Å². The molecule has 44 heavy (non-hydrogen) atoms. The second-order valence-corrected chi connectivity index (χ2v) is 10.1. The second kappa shape index (κ2) is 15.2. The number of ether oxygens (including phenoxy) is 2. The van der Waals surface area contributed by atoms with Crippen LogP contribution >= 0.6 is 23.2 Å². The average Bonchev–Trinajstić information content (AvgIpc) is 3.01. The monoisotopic (exact) mass is 638 g/mol. The highest BCUT2D eigenvalue weighted by atomic mass is 35.5. The molecule has 0 aliphatic rings. The zero-order valence-electron chi connectivity index (χ0n) is 24.6. The van der Waals surface area contributed by atoms with Crippen LogP contribution in [0.1, 0.15) is 13.8 Å². The number of carbonyl (C=O) groups excluding carboxylic acids is 2. The van der Waals surface area contributed by atoms with Gasteiger partial charge in [0.25, 0.3) is 5.88 Å². The molecule has 0 radical (unpaired) electrons. The molecular weight excluding hydrogens is 607 g/mol. The van der Waals surface area contributed by atoms with Crippen molar-refractivity contribution in [1.29, 1.82) is 0 Å². The van der Waals surface area contributed by atoms with Crippen LogP contribution in [0.5, 0.6) is 11.8 Å². The molecule has 0 aliphatic heterocycles. The summed E-state index contributed by atoms with van der Waals surface area (Å²) in [6.07, 6.45) is 3.20. The summed E-state index contributed by atoms with van der Waals surface area (Å²) in [5.74, 6) is 1.19. The molecule has 0 fully saturated rings. The number of aromatic nitrogens is 4. The molecule has 230 valence electrons. The summed E-state index contributed by atoms with van der Waals surface area (Å²) in [5, 5.41) is 12.5. The minimum atomic E-state index is -0.116. The van der Waals surface area contributed by atoms with Crippen molar-refractivity contribution in [2.75, 3.05) is 51.0 Å². The van der Waals surface area contributed by atoms with Gasteiger partial charge < -0.3 is 30.7 Å². The normalized spacial score (nSPS) is 10.6. The lowest BCUT2D eigenvalue weighted by atomic mass is 9.99. The van der Waals surface area contributed by atoms with Gasteiger partial charge in [0.2, 0.25) is 17.7 Å². The van der Waals surface area contributed by atoms with Crippen molar-refractivity contribution in [1.82, 2.24) is 30.6 Å². The molecule has 0 unspecified atom stereocenters. The third-order valence-corrected chi connectivity index (χ3v) is 7.11. The molecular formula is C30H32Cl2N8O4. The molecule has 0 bridgehead atoms. The third-order valence-electron chi connectivity index (χ3n) is 6.29. The van der Waals surface area contributed by atoms with Crippen molar-refractivity contribution >= 4 is 46.5 Å². The number of rotatable bonds is 13. The lowest BCUT2D eigenvalue weighted by Gasteiger charge is -2.15. The lowest BCUT2D eigenvalue weighted by molar-refractivity contribution is -0.119. The molecule has 0 saturated heterocycles. The second-order valence-electron chi connectivity index (χ2n) is 9.38. The minimum absolute atomic E-state index is 0.111. The van der Waals surface area contributed by atoms with Crippen LogP contribution in [0.3, 0.4) is 0 Å². The van der Waals surface area contributed by atoms with Gasteiger partial charge in [-0.15, -0.1) is 0 Å². The zero-order valence-corrected chi connectivity index (χ0v) is 26.1. The molecule has 14 heteroatoms. The van der Waals surface area contributed by atoms with Crippen molar-refractivity contribution in [3.8, 4) is 45.5 Å². The van der Waals surface area contributed by atoms with E-state index in [0.717, 1.165) is 0 Å². The van der Waals surface area contributed by atoms with Crippen LogP contribution in [-0.2, 0) is 9.59 Å². The molecule has 2 heterocycles. The predicted molar refractivity (Wildman–Crippen MR) is 171 cm³/mol. The van der Waals surface area contributed by atoms with E-state index < -0.39 is 0 Å². The Balaban J connectivity index is 1.62.